The number of hydrogen-bond acceptors (Lipinski definition) is 2. The van der Waals surface area contributed by atoms with Crippen molar-refractivity contribution in [2.24, 2.45) is 0 Å². The summed E-state index contributed by atoms with van der Waals surface area (Å²) in [6.07, 6.45) is 0. The van der Waals surface area contributed by atoms with Crippen molar-refractivity contribution >= 4 is 34.3 Å². The highest BCUT2D eigenvalue weighted by molar-refractivity contribution is 7.80. The van der Waals surface area contributed by atoms with E-state index in [9.17, 15) is 4.21 Å². The maximum absolute atomic E-state index is 10.4. The van der Waals surface area contributed by atoms with Crippen LogP contribution in [0.4, 0.5) is 0 Å². The second-order valence-electron chi connectivity index (χ2n) is 0.924. The Morgan fingerprint density at radius 2 is 2.12 bits per heavy atom. The molecule has 0 saturated carbocycles. The Balaban J connectivity index is 3.06. The molecule has 0 aromatic carbocycles. The molecule has 0 aromatic rings. The van der Waals surface area contributed by atoms with Gasteiger partial charge in [-0.1, -0.05) is 11.6 Å². The minimum atomic E-state index is -1.28. The van der Waals surface area contributed by atoms with Crippen molar-refractivity contribution in [1.82, 2.24) is 0 Å². The molecule has 50 valence electrons. The molecule has 0 radical (unpaired) electrons. The summed E-state index contributed by atoms with van der Waals surface area (Å²) >= 11 is 9.01. The Kier molecular flexibility index (Phi) is 6.32. The van der Waals surface area contributed by atoms with E-state index in [4.69, 9.17) is 23.2 Å². The van der Waals surface area contributed by atoms with E-state index >= 15 is 0 Å². The summed E-state index contributed by atoms with van der Waals surface area (Å²) in [6, 6.07) is -0.0382. The first-order chi connectivity index (χ1) is 3.81. The van der Waals surface area contributed by atoms with Crippen LogP contribution in [0.15, 0.2) is 0 Å². The molecule has 0 fully saturated rings. The molecule has 8 heavy (non-hydrogen) atoms. The quantitative estimate of drug-likeness (QED) is 0.601. The van der Waals surface area contributed by atoms with Crippen LogP contribution in [0.2, 0.25) is 0 Å². The van der Waals surface area contributed by atoms with Crippen LogP contribution in [0.3, 0.4) is 0 Å². The number of hydrogen-bond donors (Lipinski definition) is 0. The average molecular weight is 177 g/mol. The van der Waals surface area contributed by atoms with Crippen molar-refractivity contribution < 1.29 is 8.39 Å². The van der Waals surface area contributed by atoms with E-state index < -0.39 is 11.1 Å². The maximum Gasteiger partial charge on any atom is 0.157 e. The van der Waals surface area contributed by atoms with E-state index in [1.165, 1.54) is 0 Å². The zero-order valence-electron chi connectivity index (χ0n) is 4.10. The van der Waals surface area contributed by atoms with E-state index in [0.29, 0.717) is 11.6 Å². The molecule has 0 aliphatic heterocycles. The first-order valence-electron chi connectivity index (χ1n) is 1.95. The molecular formula is C3H6Cl2O2S. The lowest BCUT2D eigenvalue weighted by atomic mass is 11.0. The van der Waals surface area contributed by atoms with E-state index in [2.05, 4.69) is 4.18 Å². The summed E-state index contributed by atoms with van der Waals surface area (Å²) in [7, 11) is 0. The third kappa shape index (κ3) is 4.84. The molecule has 0 aliphatic rings. The molecule has 2 nitrogen and oxygen atoms in total. The Labute approximate surface area is 60.8 Å². The highest BCUT2D eigenvalue weighted by atomic mass is 35.5. The normalized spacial score (nSPS) is 13.8. The molecular weight excluding hydrogens is 171 g/mol. The van der Waals surface area contributed by atoms with Crippen LogP contribution in [0.1, 0.15) is 0 Å². The van der Waals surface area contributed by atoms with Gasteiger partial charge in [-0.05, 0) is 0 Å². The molecule has 0 N–H and O–H groups in total. The fraction of sp³-hybridized carbons (Fsp3) is 1.00. The van der Waals surface area contributed by atoms with Crippen LogP contribution in [0.25, 0.3) is 0 Å². The molecule has 0 heterocycles. The largest absolute Gasteiger partial charge is 0.274 e. The van der Waals surface area contributed by atoms with Gasteiger partial charge in [-0.2, -0.15) is 0 Å². The zero-order valence-corrected chi connectivity index (χ0v) is 6.43. The summed E-state index contributed by atoms with van der Waals surface area (Å²) < 4.78 is 14.8. The van der Waals surface area contributed by atoms with Crippen molar-refractivity contribution in [2.75, 3.05) is 17.7 Å². The summed E-state index contributed by atoms with van der Waals surface area (Å²) in [5, 5.41) is 0. The first kappa shape index (κ1) is 8.69. The van der Waals surface area contributed by atoms with Gasteiger partial charge in [0, 0.05) is 5.88 Å². The fourth-order valence-electron chi connectivity index (χ4n) is 0.172. The third-order valence-corrected chi connectivity index (χ3v) is 1.99. The molecule has 0 aliphatic carbocycles. The Hall–Kier alpha value is 0.690. The second kappa shape index (κ2) is 5.82. The van der Waals surface area contributed by atoms with Gasteiger partial charge in [0.2, 0.25) is 0 Å². The minimum Gasteiger partial charge on any atom is -0.274 e. The van der Waals surface area contributed by atoms with E-state index in [1.54, 1.807) is 0 Å². The van der Waals surface area contributed by atoms with Crippen molar-refractivity contribution in [3.05, 3.63) is 0 Å². The highest BCUT2D eigenvalue weighted by Gasteiger charge is 1.94. The van der Waals surface area contributed by atoms with Crippen LogP contribution in [-0.4, -0.2) is 21.9 Å². The van der Waals surface area contributed by atoms with Crippen LogP contribution < -0.4 is 0 Å². The van der Waals surface area contributed by atoms with Gasteiger partial charge < -0.3 is 0 Å². The maximum atomic E-state index is 10.4. The van der Waals surface area contributed by atoms with Crippen molar-refractivity contribution in [1.29, 1.82) is 0 Å². The van der Waals surface area contributed by atoms with Gasteiger partial charge in [0.15, 0.2) is 11.1 Å². The Bertz CT molecular complexity index is 69.7. The van der Waals surface area contributed by atoms with E-state index in [0.717, 1.165) is 0 Å². The smallest absolute Gasteiger partial charge is 0.157 e. The summed E-state index contributed by atoms with van der Waals surface area (Å²) in [6.45, 7) is 0. The molecule has 0 aromatic heterocycles. The van der Waals surface area contributed by atoms with Crippen LogP contribution in [-0.2, 0) is 15.3 Å². The molecule has 1 unspecified atom stereocenters. The summed E-state index contributed by atoms with van der Waals surface area (Å²) in [4.78, 5) is 0. The Morgan fingerprint density at radius 3 is 2.50 bits per heavy atom. The lowest BCUT2D eigenvalue weighted by Crippen LogP contribution is -2.01. The van der Waals surface area contributed by atoms with Crippen molar-refractivity contribution in [2.45, 2.75) is 0 Å². The van der Waals surface area contributed by atoms with Gasteiger partial charge in [0.1, 0.15) is 6.07 Å². The molecule has 0 rings (SSSR count). The minimum absolute atomic E-state index is 0.0382. The van der Waals surface area contributed by atoms with Gasteiger partial charge in [-0.15, -0.1) is 11.6 Å². The monoisotopic (exact) mass is 176 g/mol. The predicted octanol–water partition coefficient (Wildman–Crippen LogP) is 1.10. The van der Waals surface area contributed by atoms with Gasteiger partial charge in [-0.25, -0.2) is 4.21 Å². The SMILES string of the molecule is O=S(CCCl)OCCl. The third-order valence-electron chi connectivity index (χ3n) is 0.420. The first-order valence-corrected chi connectivity index (χ1v) is 4.26. The lowest BCUT2D eigenvalue weighted by molar-refractivity contribution is 0.421. The van der Waals surface area contributed by atoms with E-state index in [1.807, 2.05) is 0 Å². The van der Waals surface area contributed by atoms with Crippen LogP contribution in [0.5, 0.6) is 0 Å². The molecule has 0 bridgehead atoms. The van der Waals surface area contributed by atoms with Crippen LogP contribution >= 0.6 is 23.2 Å². The number of rotatable bonds is 4. The van der Waals surface area contributed by atoms with Crippen molar-refractivity contribution in [3.8, 4) is 0 Å². The van der Waals surface area contributed by atoms with Gasteiger partial charge >= 0.3 is 0 Å². The average Bonchev–Trinajstić information content (AvgIpc) is 1.68. The van der Waals surface area contributed by atoms with Gasteiger partial charge in [0.05, 0.1) is 5.75 Å². The predicted molar refractivity (Wildman–Crippen MR) is 35.5 cm³/mol. The van der Waals surface area contributed by atoms with Crippen LogP contribution in [0, 0.1) is 0 Å². The van der Waals surface area contributed by atoms with E-state index in [-0.39, 0.29) is 6.07 Å². The summed E-state index contributed by atoms with van der Waals surface area (Å²) in [5.74, 6) is 0.678. The second-order valence-corrected chi connectivity index (χ2v) is 2.77. The topological polar surface area (TPSA) is 26.3 Å². The molecule has 1 atom stereocenters. The highest BCUT2D eigenvalue weighted by Crippen LogP contribution is 1.88. The Morgan fingerprint density at radius 1 is 1.50 bits per heavy atom. The number of halogens is 2. The van der Waals surface area contributed by atoms with Gasteiger partial charge in [0.25, 0.3) is 0 Å². The molecule has 0 amide bonds. The number of alkyl halides is 2. The zero-order chi connectivity index (χ0) is 6.41. The molecule has 5 heteroatoms. The molecule has 0 saturated heterocycles. The van der Waals surface area contributed by atoms with Crippen molar-refractivity contribution in [3.63, 3.8) is 0 Å². The standard InChI is InChI=1S/C3H6Cl2O2S/c4-1-2-8(6)7-3-5/h1-3H2. The summed E-state index contributed by atoms with van der Waals surface area (Å²) in [5.41, 5.74) is 0. The molecule has 0 spiro atoms. The lowest BCUT2D eigenvalue weighted by Gasteiger charge is -1.93. The van der Waals surface area contributed by atoms with Gasteiger partial charge in [-0.3, -0.25) is 4.18 Å². The fourth-order valence-corrected chi connectivity index (χ4v) is 1.19.